The van der Waals surface area contributed by atoms with Gasteiger partial charge < -0.3 is 12.3 Å². The standard InChI is InChI=1S/C19H38O3Si4/c1-23(2,3)20-25(6,7)22-26(8,9)21-24(4,5)18-14-13-17-19-15-11-10-12-16-19/h10-13,15-17H,14,18H2,1-9H3. The topological polar surface area (TPSA) is 27.7 Å². The highest BCUT2D eigenvalue weighted by atomic mass is 28.5. The Morgan fingerprint density at radius 2 is 1.27 bits per heavy atom. The summed E-state index contributed by atoms with van der Waals surface area (Å²) in [6, 6.07) is 11.6. The first-order chi connectivity index (χ1) is 11.7. The molecular formula is C19H38O3Si4. The third kappa shape index (κ3) is 10.8. The summed E-state index contributed by atoms with van der Waals surface area (Å²) < 4.78 is 19.5. The zero-order valence-electron chi connectivity index (χ0n) is 18.2. The van der Waals surface area contributed by atoms with Gasteiger partial charge in [-0.2, -0.15) is 0 Å². The maximum Gasteiger partial charge on any atom is 0.312 e. The van der Waals surface area contributed by atoms with Gasteiger partial charge in [-0.15, -0.1) is 0 Å². The molecule has 0 spiro atoms. The van der Waals surface area contributed by atoms with E-state index in [0.717, 1.165) is 12.5 Å². The molecule has 0 amide bonds. The Balaban J connectivity index is 2.56. The summed E-state index contributed by atoms with van der Waals surface area (Å²) in [6.07, 6.45) is 5.50. The van der Waals surface area contributed by atoms with Crippen LogP contribution in [0.1, 0.15) is 12.0 Å². The maximum atomic E-state index is 6.62. The fourth-order valence-electron chi connectivity index (χ4n) is 3.30. The number of rotatable bonds is 10. The van der Waals surface area contributed by atoms with Gasteiger partial charge >= 0.3 is 17.1 Å². The molecule has 0 aromatic heterocycles. The maximum absolute atomic E-state index is 6.62. The normalized spacial score (nSPS) is 14.2. The van der Waals surface area contributed by atoms with E-state index in [1.807, 2.05) is 6.07 Å². The van der Waals surface area contributed by atoms with Crippen molar-refractivity contribution >= 4 is 39.8 Å². The van der Waals surface area contributed by atoms with Gasteiger partial charge in [-0.25, -0.2) is 0 Å². The van der Waals surface area contributed by atoms with Gasteiger partial charge in [0.2, 0.25) is 0 Å². The summed E-state index contributed by atoms with van der Waals surface area (Å²) >= 11 is 0. The van der Waals surface area contributed by atoms with Crippen molar-refractivity contribution in [2.24, 2.45) is 0 Å². The minimum atomic E-state index is -2.20. The molecule has 0 aliphatic heterocycles. The van der Waals surface area contributed by atoms with Crippen molar-refractivity contribution in [2.45, 2.75) is 71.4 Å². The van der Waals surface area contributed by atoms with Gasteiger partial charge in [-0.05, 0) is 77.0 Å². The smallest absolute Gasteiger partial charge is 0.312 e. The van der Waals surface area contributed by atoms with Crippen molar-refractivity contribution in [3.05, 3.63) is 42.0 Å². The Morgan fingerprint density at radius 1 is 0.731 bits per heavy atom. The van der Waals surface area contributed by atoms with Crippen molar-refractivity contribution in [1.29, 1.82) is 0 Å². The van der Waals surface area contributed by atoms with Crippen LogP contribution in [0, 0.1) is 0 Å². The molecule has 0 bridgehead atoms. The molecule has 0 fully saturated rings. The predicted octanol–water partition coefficient (Wildman–Crippen LogP) is 6.58. The Kier molecular flexibility index (Phi) is 8.47. The van der Waals surface area contributed by atoms with E-state index in [4.69, 9.17) is 12.3 Å². The molecule has 0 saturated heterocycles. The van der Waals surface area contributed by atoms with E-state index < -0.39 is 33.8 Å². The van der Waals surface area contributed by atoms with Crippen molar-refractivity contribution in [3.63, 3.8) is 0 Å². The summed E-state index contributed by atoms with van der Waals surface area (Å²) in [6.45, 7) is 19.9. The molecule has 1 aromatic carbocycles. The Hall–Kier alpha value is -0.292. The third-order valence-electron chi connectivity index (χ3n) is 3.59. The van der Waals surface area contributed by atoms with E-state index in [1.165, 1.54) is 5.56 Å². The first kappa shape index (κ1) is 23.7. The number of benzene rings is 1. The minimum absolute atomic E-state index is 1.05. The lowest BCUT2D eigenvalue weighted by molar-refractivity contribution is 0.329. The predicted molar refractivity (Wildman–Crippen MR) is 124 cm³/mol. The molecule has 0 aliphatic carbocycles. The summed E-state index contributed by atoms with van der Waals surface area (Å²) in [4.78, 5) is 0. The van der Waals surface area contributed by atoms with Crippen LogP contribution in [0.5, 0.6) is 0 Å². The fourth-order valence-corrected chi connectivity index (χ4v) is 21.6. The summed E-state index contributed by atoms with van der Waals surface area (Å²) in [5.74, 6) is 0. The molecular weight excluding hydrogens is 389 g/mol. The van der Waals surface area contributed by atoms with Gasteiger partial charge in [-0.3, -0.25) is 0 Å². The monoisotopic (exact) mass is 426 g/mol. The average molecular weight is 427 g/mol. The molecule has 0 radical (unpaired) electrons. The molecule has 1 aromatic rings. The van der Waals surface area contributed by atoms with Crippen LogP contribution in [0.15, 0.2) is 36.4 Å². The SMILES string of the molecule is C[Si](C)(C)O[Si](C)(C)O[Si](C)(C)O[Si](C)(C)CCC=Cc1ccccc1. The Labute approximate surface area is 165 Å². The van der Waals surface area contributed by atoms with Crippen LogP contribution in [0.2, 0.25) is 65.0 Å². The molecule has 0 unspecified atom stereocenters. The van der Waals surface area contributed by atoms with Crippen LogP contribution in [0.25, 0.3) is 6.08 Å². The van der Waals surface area contributed by atoms with Gasteiger partial charge in [0.1, 0.15) is 0 Å². The van der Waals surface area contributed by atoms with Gasteiger partial charge in [0.05, 0.1) is 0 Å². The zero-order valence-corrected chi connectivity index (χ0v) is 22.2. The van der Waals surface area contributed by atoms with E-state index in [9.17, 15) is 0 Å². The molecule has 3 nitrogen and oxygen atoms in total. The molecule has 0 aliphatic rings. The molecule has 0 heterocycles. The van der Waals surface area contributed by atoms with Crippen molar-refractivity contribution in [2.75, 3.05) is 0 Å². The largest absolute Gasteiger partial charge is 0.437 e. The second-order valence-electron chi connectivity index (χ2n) is 9.33. The van der Waals surface area contributed by atoms with E-state index >= 15 is 0 Å². The lowest BCUT2D eigenvalue weighted by Crippen LogP contribution is -2.55. The van der Waals surface area contributed by atoms with Crippen LogP contribution in [0.3, 0.4) is 0 Å². The molecule has 0 saturated carbocycles. The zero-order chi connectivity index (χ0) is 20.1. The summed E-state index contributed by atoms with van der Waals surface area (Å²) in [5, 5.41) is 0. The Morgan fingerprint density at radius 3 is 1.81 bits per heavy atom. The summed E-state index contributed by atoms with van der Waals surface area (Å²) in [7, 11) is -7.73. The average Bonchev–Trinajstić information content (AvgIpc) is 2.39. The van der Waals surface area contributed by atoms with Gasteiger partial charge in [0.25, 0.3) is 0 Å². The van der Waals surface area contributed by atoms with E-state index in [2.05, 4.69) is 95.3 Å². The van der Waals surface area contributed by atoms with Crippen LogP contribution in [-0.2, 0) is 12.3 Å². The molecule has 0 N–H and O–H groups in total. The second-order valence-corrected chi connectivity index (χ2v) is 25.6. The highest BCUT2D eigenvalue weighted by molar-refractivity contribution is 6.89. The molecule has 26 heavy (non-hydrogen) atoms. The number of allylic oxidation sites excluding steroid dienone is 1. The molecule has 0 atom stereocenters. The number of hydrogen-bond acceptors (Lipinski definition) is 3. The highest BCUT2D eigenvalue weighted by Crippen LogP contribution is 2.26. The lowest BCUT2D eigenvalue weighted by Gasteiger charge is -2.40. The van der Waals surface area contributed by atoms with Gasteiger partial charge in [0.15, 0.2) is 16.6 Å². The van der Waals surface area contributed by atoms with E-state index in [1.54, 1.807) is 0 Å². The van der Waals surface area contributed by atoms with Crippen molar-refractivity contribution in [1.82, 2.24) is 0 Å². The molecule has 7 heteroatoms. The van der Waals surface area contributed by atoms with Crippen LogP contribution >= 0.6 is 0 Å². The minimum Gasteiger partial charge on any atom is -0.437 e. The lowest BCUT2D eigenvalue weighted by atomic mass is 10.2. The quantitative estimate of drug-likeness (QED) is 0.395. The first-order valence-electron chi connectivity index (χ1n) is 9.52. The third-order valence-corrected chi connectivity index (χ3v) is 17.6. The van der Waals surface area contributed by atoms with Crippen LogP contribution in [-0.4, -0.2) is 33.8 Å². The number of hydrogen-bond donors (Lipinski definition) is 0. The first-order valence-corrected chi connectivity index (χ1v) is 21.7. The molecule has 1 rings (SSSR count). The fraction of sp³-hybridized carbons (Fsp3) is 0.579. The van der Waals surface area contributed by atoms with E-state index in [-0.39, 0.29) is 0 Å². The second kappa shape index (κ2) is 9.27. The summed E-state index contributed by atoms with van der Waals surface area (Å²) in [5.41, 5.74) is 1.25. The highest BCUT2D eigenvalue weighted by Gasteiger charge is 2.42. The van der Waals surface area contributed by atoms with E-state index in [0.29, 0.717) is 0 Å². The van der Waals surface area contributed by atoms with Gasteiger partial charge in [0, 0.05) is 0 Å². The van der Waals surface area contributed by atoms with Crippen molar-refractivity contribution < 1.29 is 12.3 Å². The van der Waals surface area contributed by atoms with Crippen LogP contribution < -0.4 is 0 Å². The molecule has 148 valence electrons. The Bertz CT molecular complexity index is 578. The van der Waals surface area contributed by atoms with Gasteiger partial charge in [-0.1, -0.05) is 42.5 Å². The van der Waals surface area contributed by atoms with Crippen LogP contribution in [0.4, 0.5) is 0 Å². The van der Waals surface area contributed by atoms with Crippen molar-refractivity contribution in [3.8, 4) is 0 Å².